The minimum absolute atomic E-state index is 0.0350. The van der Waals surface area contributed by atoms with Crippen LogP contribution in [-0.4, -0.2) is 27.5 Å². The van der Waals surface area contributed by atoms with Crippen molar-refractivity contribution < 1.29 is 13.5 Å². The number of nitrogen functional groups attached to an aromatic ring is 1. The molecule has 1 saturated heterocycles. The van der Waals surface area contributed by atoms with Gasteiger partial charge in [-0.15, -0.1) is 0 Å². The van der Waals surface area contributed by atoms with Gasteiger partial charge in [0.15, 0.2) is 10.9 Å². The number of fused-ring (bicyclic) bond motifs is 1. The molecule has 0 radical (unpaired) electrons. The molecule has 0 amide bonds. The summed E-state index contributed by atoms with van der Waals surface area (Å²) >= 11 is 1.35. The summed E-state index contributed by atoms with van der Waals surface area (Å²) in [7, 11) is 0. The van der Waals surface area contributed by atoms with Crippen molar-refractivity contribution in [2.24, 2.45) is 0 Å². The van der Waals surface area contributed by atoms with E-state index >= 15 is 0 Å². The zero-order valence-corrected chi connectivity index (χ0v) is 14.0. The van der Waals surface area contributed by atoms with Crippen molar-refractivity contribution in [2.75, 3.05) is 17.2 Å². The van der Waals surface area contributed by atoms with Crippen molar-refractivity contribution in [3.8, 4) is 11.6 Å². The van der Waals surface area contributed by atoms with Crippen molar-refractivity contribution >= 4 is 32.6 Å². The molecule has 0 atom stereocenters. The Bertz CT molecular complexity index is 916. The first-order valence-electron chi connectivity index (χ1n) is 7.84. The Morgan fingerprint density at radius 2 is 2.08 bits per heavy atom. The van der Waals surface area contributed by atoms with Gasteiger partial charge in [-0.3, -0.25) is 4.90 Å². The van der Waals surface area contributed by atoms with Gasteiger partial charge in [-0.25, -0.2) is 9.97 Å². The number of alkyl halides is 2. The molecule has 3 aromatic rings. The molecular weight excluding hydrogens is 348 g/mol. The normalized spacial score (nSPS) is 17.0. The van der Waals surface area contributed by atoms with Gasteiger partial charge in [0.25, 0.3) is 0 Å². The average molecular weight is 363 g/mol. The summed E-state index contributed by atoms with van der Waals surface area (Å²) in [6.45, 7) is 0.217. The van der Waals surface area contributed by atoms with Gasteiger partial charge < -0.3 is 10.5 Å². The minimum atomic E-state index is -2.94. The lowest BCUT2D eigenvalue weighted by Crippen LogP contribution is -2.46. The average Bonchev–Trinajstić information content (AvgIpc) is 2.96. The van der Waals surface area contributed by atoms with Crippen LogP contribution >= 0.6 is 11.3 Å². The van der Waals surface area contributed by atoms with Crippen LogP contribution in [0, 0.1) is 0 Å². The number of nitrogens with zero attached hydrogens (tertiary/aromatic N) is 4. The molecule has 4 rings (SSSR count). The van der Waals surface area contributed by atoms with Crippen molar-refractivity contribution in [1.82, 2.24) is 15.0 Å². The Morgan fingerprint density at radius 3 is 2.92 bits per heavy atom. The fourth-order valence-electron chi connectivity index (χ4n) is 2.81. The van der Waals surface area contributed by atoms with Gasteiger partial charge >= 0.3 is 6.05 Å². The molecule has 1 aliphatic rings. The number of para-hydroxylation sites is 1. The highest BCUT2D eigenvalue weighted by Crippen LogP contribution is 2.36. The van der Waals surface area contributed by atoms with Crippen molar-refractivity contribution in [2.45, 2.75) is 25.3 Å². The van der Waals surface area contributed by atoms with E-state index in [1.54, 1.807) is 6.07 Å². The smallest absolute Gasteiger partial charge is 0.327 e. The van der Waals surface area contributed by atoms with Crippen LogP contribution < -0.4 is 15.4 Å². The molecule has 1 aliphatic heterocycles. The zero-order chi connectivity index (χ0) is 17.4. The van der Waals surface area contributed by atoms with Gasteiger partial charge in [0.1, 0.15) is 5.52 Å². The molecule has 1 fully saturated rings. The fraction of sp³-hybridized carbons (Fsp3) is 0.312. The summed E-state index contributed by atoms with van der Waals surface area (Å²) in [5.41, 5.74) is 6.36. The van der Waals surface area contributed by atoms with Crippen LogP contribution in [0.4, 0.5) is 19.9 Å². The quantitative estimate of drug-likeness (QED) is 0.708. The van der Waals surface area contributed by atoms with E-state index in [1.807, 2.05) is 12.1 Å². The van der Waals surface area contributed by atoms with E-state index in [0.29, 0.717) is 29.2 Å². The summed E-state index contributed by atoms with van der Waals surface area (Å²) < 4.78 is 34.9. The SMILES string of the molecule is Nc1nc2c(Oc3ccnc(N4CCCCC4(F)F)n3)cccc2s1. The first-order valence-corrected chi connectivity index (χ1v) is 8.66. The van der Waals surface area contributed by atoms with Gasteiger partial charge in [-0.05, 0) is 25.0 Å². The molecule has 3 heterocycles. The number of thiazole rings is 1. The Balaban J connectivity index is 1.65. The lowest BCUT2D eigenvalue weighted by atomic mass is 10.1. The van der Waals surface area contributed by atoms with E-state index in [-0.39, 0.29) is 24.8 Å². The number of hydrogen-bond donors (Lipinski definition) is 1. The van der Waals surface area contributed by atoms with Gasteiger partial charge in [-0.1, -0.05) is 17.4 Å². The number of anilines is 2. The number of aromatic nitrogens is 3. The lowest BCUT2D eigenvalue weighted by molar-refractivity contribution is -0.0262. The third-order valence-corrected chi connectivity index (χ3v) is 4.83. The van der Waals surface area contributed by atoms with E-state index in [4.69, 9.17) is 10.5 Å². The number of halogens is 2. The fourth-order valence-corrected chi connectivity index (χ4v) is 3.56. The molecule has 25 heavy (non-hydrogen) atoms. The van der Waals surface area contributed by atoms with Gasteiger partial charge in [0, 0.05) is 25.2 Å². The van der Waals surface area contributed by atoms with Crippen LogP contribution in [0.3, 0.4) is 0 Å². The number of benzene rings is 1. The second kappa shape index (κ2) is 6.07. The summed E-state index contributed by atoms with van der Waals surface area (Å²) in [5.74, 6) is 0.623. The first kappa shape index (κ1) is 15.9. The summed E-state index contributed by atoms with van der Waals surface area (Å²) in [6.07, 6.45) is 2.39. The van der Waals surface area contributed by atoms with Crippen LogP contribution in [0.2, 0.25) is 0 Å². The molecule has 0 saturated carbocycles. The number of nitrogens with two attached hydrogens (primary N) is 1. The molecule has 0 aliphatic carbocycles. The molecule has 2 N–H and O–H groups in total. The van der Waals surface area contributed by atoms with Crippen LogP contribution in [0.5, 0.6) is 11.6 Å². The van der Waals surface area contributed by atoms with Crippen LogP contribution in [0.15, 0.2) is 30.5 Å². The molecule has 9 heteroatoms. The van der Waals surface area contributed by atoms with Gasteiger partial charge in [0.05, 0.1) is 4.70 Å². The van der Waals surface area contributed by atoms with Gasteiger partial charge in [-0.2, -0.15) is 13.8 Å². The Morgan fingerprint density at radius 1 is 1.20 bits per heavy atom. The zero-order valence-electron chi connectivity index (χ0n) is 13.2. The number of piperidine rings is 1. The minimum Gasteiger partial charge on any atom is -0.437 e. The molecule has 0 bridgehead atoms. The lowest BCUT2D eigenvalue weighted by Gasteiger charge is -2.34. The molecule has 0 unspecified atom stereocenters. The van der Waals surface area contributed by atoms with Gasteiger partial charge in [0.2, 0.25) is 11.8 Å². The van der Waals surface area contributed by atoms with Crippen LogP contribution in [0.1, 0.15) is 19.3 Å². The molecule has 0 spiro atoms. The molecule has 1 aromatic carbocycles. The number of hydrogen-bond acceptors (Lipinski definition) is 7. The van der Waals surface area contributed by atoms with Crippen LogP contribution in [-0.2, 0) is 0 Å². The van der Waals surface area contributed by atoms with Crippen molar-refractivity contribution in [3.05, 3.63) is 30.5 Å². The maximum Gasteiger partial charge on any atom is 0.327 e. The van der Waals surface area contributed by atoms with E-state index < -0.39 is 6.05 Å². The Kier molecular flexibility index (Phi) is 3.87. The maximum atomic E-state index is 14.1. The van der Waals surface area contributed by atoms with Crippen molar-refractivity contribution in [3.63, 3.8) is 0 Å². The summed E-state index contributed by atoms with van der Waals surface area (Å²) in [4.78, 5) is 13.3. The van der Waals surface area contributed by atoms with E-state index in [2.05, 4.69) is 15.0 Å². The van der Waals surface area contributed by atoms with E-state index in [0.717, 1.165) is 9.60 Å². The van der Waals surface area contributed by atoms with Crippen LogP contribution in [0.25, 0.3) is 10.2 Å². The monoisotopic (exact) mass is 363 g/mol. The number of ether oxygens (including phenoxy) is 1. The topological polar surface area (TPSA) is 77.2 Å². The Labute approximate surface area is 146 Å². The van der Waals surface area contributed by atoms with E-state index in [9.17, 15) is 8.78 Å². The second-order valence-corrected chi connectivity index (χ2v) is 6.79. The largest absolute Gasteiger partial charge is 0.437 e. The van der Waals surface area contributed by atoms with Crippen molar-refractivity contribution in [1.29, 1.82) is 0 Å². The Hall–Kier alpha value is -2.55. The maximum absolute atomic E-state index is 14.1. The predicted octanol–water partition coefficient (Wildman–Crippen LogP) is 4.04. The highest BCUT2D eigenvalue weighted by molar-refractivity contribution is 7.22. The third-order valence-electron chi connectivity index (χ3n) is 3.98. The summed E-state index contributed by atoms with van der Waals surface area (Å²) in [6, 6.07) is 4.02. The number of rotatable bonds is 3. The first-order chi connectivity index (χ1) is 12.0. The molecule has 2 aromatic heterocycles. The summed E-state index contributed by atoms with van der Waals surface area (Å²) in [5, 5.41) is 0.433. The van der Waals surface area contributed by atoms with E-state index in [1.165, 1.54) is 23.6 Å². The third kappa shape index (κ3) is 3.07. The standard InChI is InChI=1S/C16H15F2N5OS/c17-16(18)7-1-2-9-23(16)15-20-8-6-12(21-15)24-10-4-3-5-11-13(10)22-14(19)25-11/h3-6,8H,1-2,7,9H2,(H2,19,22). The predicted molar refractivity (Wildman–Crippen MR) is 92.3 cm³/mol. The molecule has 130 valence electrons. The molecule has 6 nitrogen and oxygen atoms in total. The highest BCUT2D eigenvalue weighted by Gasteiger charge is 2.40. The highest BCUT2D eigenvalue weighted by atomic mass is 32.1. The second-order valence-electron chi connectivity index (χ2n) is 5.73. The molecular formula is C16H15F2N5OS.